The van der Waals surface area contributed by atoms with Gasteiger partial charge in [-0.15, -0.1) is 0 Å². The van der Waals surface area contributed by atoms with Crippen molar-refractivity contribution in [2.24, 2.45) is 0 Å². The zero-order chi connectivity index (χ0) is 19.8. The molecule has 0 spiro atoms. The first-order chi connectivity index (χ1) is 13.7. The van der Waals surface area contributed by atoms with E-state index in [1.807, 2.05) is 12.1 Å². The number of nitrogens with zero attached hydrogens (tertiary/aromatic N) is 3. The maximum atomic E-state index is 12.4. The topological polar surface area (TPSA) is 96.5 Å². The summed E-state index contributed by atoms with van der Waals surface area (Å²) in [6.45, 7) is 3.94. The smallest absolute Gasteiger partial charge is 0.409 e. The minimum Gasteiger partial charge on any atom is -0.450 e. The lowest BCUT2D eigenvalue weighted by Crippen LogP contribution is -2.46. The minimum atomic E-state index is -0.286. The molecule has 0 radical (unpaired) electrons. The number of rotatable bonds is 6. The highest BCUT2D eigenvalue weighted by molar-refractivity contribution is 5.94. The average Bonchev–Trinajstić information content (AvgIpc) is 2.74. The summed E-state index contributed by atoms with van der Waals surface area (Å²) in [6.07, 6.45) is 6.23. The third-order valence-corrected chi connectivity index (χ3v) is 4.58. The van der Waals surface area contributed by atoms with Crippen molar-refractivity contribution in [2.45, 2.75) is 32.4 Å². The second kappa shape index (κ2) is 9.68. The zero-order valence-corrected chi connectivity index (χ0v) is 15.9. The molecule has 148 valence electrons. The molecule has 2 aromatic rings. The Morgan fingerprint density at radius 3 is 2.68 bits per heavy atom. The Balaban J connectivity index is 1.45. The SMILES string of the molecule is CCOC(=O)N1CCC(NC(=O)c2ccc(NCc3cccnc3)nc2)CC1. The normalized spacial score (nSPS) is 14.4. The summed E-state index contributed by atoms with van der Waals surface area (Å²) in [5.74, 6) is 0.545. The maximum Gasteiger partial charge on any atom is 0.409 e. The molecule has 0 aromatic carbocycles. The highest BCUT2D eigenvalue weighted by Crippen LogP contribution is 2.13. The second-order valence-electron chi connectivity index (χ2n) is 6.58. The van der Waals surface area contributed by atoms with E-state index >= 15 is 0 Å². The highest BCUT2D eigenvalue weighted by atomic mass is 16.6. The molecule has 3 rings (SSSR count). The van der Waals surface area contributed by atoms with Crippen LogP contribution in [-0.4, -0.2) is 52.6 Å². The van der Waals surface area contributed by atoms with Gasteiger partial charge in [-0.05, 0) is 43.5 Å². The van der Waals surface area contributed by atoms with Crippen molar-refractivity contribution in [1.82, 2.24) is 20.2 Å². The predicted octanol–water partition coefficient (Wildman–Crippen LogP) is 2.44. The number of ether oxygens (including phenoxy) is 1. The molecule has 1 fully saturated rings. The summed E-state index contributed by atoms with van der Waals surface area (Å²) in [5.41, 5.74) is 1.57. The third kappa shape index (κ3) is 5.42. The number of pyridine rings is 2. The molecule has 0 aliphatic carbocycles. The van der Waals surface area contributed by atoms with Crippen LogP contribution in [0, 0.1) is 0 Å². The Labute approximate surface area is 164 Å². The Kier molecular flexibility index (Phi) is 6.78. The van der Waals surface area contributed by atoms with E-state index in [-0.39, 0.29) is 18.0 Å². The van der Waals surface area contributed by atoms with Gasteiger partial charge in [0.05, 0.1) is 12.2 Å². The van der Waals surface area contributed by atoms with E-state index in [0.717, 1.165) is 5.56 Å². The van der Waals surface area contributed by atoms with E-state index in [1.165, 1.54) is 0 Å². The van der Waals surface area contributed by atoms with Crippen molar-refractivity contribution in [1.29, 1.82) is 0 Å². The van der Waals surface area contributed by atoms with Crippen LogP contribution in [0.15, 0.2) is 42.9 Å². The molecule has 8 heteroatoms. The number of carbonyl (C=O) groups is 2. The molecule has 1 aliphatic heterocycles. The van der Waals surface area contributed by atoms with Gasteiger partial charge in [-0.25, -0.2) is 9.78 Å². The summed E-state index contributed by atoms with van der Waals surface area (Å²) in [5, 5.41) is 6.22. The third-order valence-electron chi connectivity index (χ3n) is 4.58. The molecular formula is C20H25N5O3. The summed E-state index contributed by atoms with van der Waals surface area (Å²) in [6, 6.07) is 7.45. The van der Waals surface area contributed by atoms with Crippen molar-refractivity contribution >= 4 is 17.8 Å². The van der Waals surface area contributed by atoms with Gasteiger partial charge in [0.1, 0.15) is 5.82 Å². The van der Waals surface area contributed by atoms with Crippen LogP contribution < -0.4 is 10.6 Å². The summed E-state index contributed by atoms with van der Waals surface area (Å²) < 4.78 is 5.01. The Hall–Kier alpha value is -3.16. The number of piperidine rings is 1. The van der Waals surface area contributed by atoms with Crippen molar-refractivity contribution < 1.29 is 14.3 Å². The number of hydrogen-bond acceptors (Lipinski definition) is 6. The van der Waals surface area contributed by atoms with Crippen LogP contribution in [0.25, 0.3) is 0 Å². The lowest BCUT2D eigenvalue weighted by molar-refractivity contribution is 0.0860. The molecule has 0 bridgehead atoms. The number of likely N-dealkylation sites (tertiary alicyclic amines) is 1. The first kappa shape index (κ1) is 19.6. The number of nitrogens with one attached hydrogen (secondary N) is 2. The van der Waals surface area contributed by atoms with Crippen LogP contribution in [0.5, 0.6) is 0 Å². The zero-order valence-electron chi connectivity index (χ0n) is 15.9. The van der Waals surface area contributed by atoms with Crippen molar-refractivity contribution in [3.63, 3.8) is 0 Å². The lowest BCUT2D eigenvalue weighted by Gasteiger charge is -2.31. The number of carbonyl (C=O) groups excluding carboxylic acids is 2. The van der Waals surface area contributed by atoms with Gasteiger partial charge in [0.15, 0.2) is 0 Å². The van der Waals surface area contributed by atoms with Gasteiger partial charge >= 0.3 is 6.09 Å². The maximum absolute atomic E-state index is 12.4. The fraction of sp³-hybridized carbons (Fsp3) is 0.400. The number of anilines is 1. The number of amides is 2. The van der Waals surface area contributed by atoms with Crippen LogP contribution in [0.2, 0.25) is 0 Å². The molecule has 3 heterocycles. The van der Waals surface area contributed by atoms with E-state index in [9.17, 15) is 9.59 Å². The Morgan fingerprint density at radius 1 is 1.21 bits per heavy atom. The largest absolute Gasteiger partial charge is 0.450 e. The van der Waals surface area contributed by atoms with Gasteiger partial charge in [-0.3, -0.25) is 9.78 Å². The van der Waals surface area contributed by atoms with Crippen LogP contribution >= 0.6 is 0 Å². The molecule has 2 amide bonds. The fourth-order valence-corrected chi connectivity index (χ4v) is 3.02. The van der Waals surface area contributed by atoms with Crippen molar-refractivity contribution in [2.75, 3.05) is 25.0 Å². The van der Waals surface area contributed by atoms with Gasteiger partial charge in [-0.2, -0.15) is 0 Å². The minimum absolute atomic E-state index is 0.0431. The van der Waals surface area contributed by atoms with E-state index in [4.69, 9.17) is 4.74 Å². The van der Waals surface area contributed by atoms with E-state index in [2.05, 4.69) is 20.6 Å². The molecule has 0 atom stereocenters. The van der Waals surface area contributed by atoms with Crippen LogP contribution in [0.4, 0.5) is 10.6 Å². The molecule has 0 saturated carbocycles. The summed E-state index contributed by atoms with van der Waals surface area (Å²) in [7, 11) is 0. The molecule has 2 N–H and O–H groups in total. The lowest BCUT2D eigenvalue weighted by atomic mass is 10.0. The summed E-state index contributed by atoms with van der Waals surface area (Å²) in [4.78, 5) is 34.2. The second-order valence-corrected chi connectivity index (χ2v) is 6.58. The van der Waals surface area contributed by atoms with Crippen LogP contribution in [-0.2, 0) is 11.3 Å². The quantitative estimate of drug-likeness (QED) is 0.795. The molecule has 1 aliphatic rings. The van der Waals surface area contributed by atoms with Crippen molar-refractivity contribution in [3.8, 4) is 0 Å². The first-order valence-corrected chi connectivity index (χ1v) is 9.47. The molecule has 2 aromatic heterocycles. The summed E-state index contributed by atoms with van der Waals surface area (Å²) >= 11 is 0. The average molecular weight is 383 g/mol. The number of hydrogen-bond donors (Lipinski definition) is 2. The van der Waals surface area contributed by atoms with E-state index in [0.29, 0.717) is 50.5 Å². The predicted molar refractivity (Wildman–Crippen MR) is 105 cm³/mol. The van der Waals surface area contributed by atoms with Gasteiger partial charge in [-0.1, -0.05) is 6.07 Å². The monoisotopic (exact) mass is 383 g/mol. The Morgan fingerprint density at radius 2 is 2.04 bits per heavy atom. The molecule has 1 saturated heterocycles. The van der Waals surface area contributed by atoms with Gasteiger partial charge in [0.25, 0.3) is 5.91 Å². The standard InChI is InChI=1S/C20H25N5O3/c1-2-28-20(27)25-10-7-17(8-11-25)24-19(26)16-5-6-18(23-14-16)22-13-15-4-3-9-21-12-15/h3-6,9,12,14,17H,2,7-8,10-11,13H2,1H3,(H,22,23)(H,24,26). The highest BCUT2D eigenvalue weighted by Gasteiger charge is 2.24. The van der Waals surface area contributed by atoms with Gasteiger partial charge < -0.3 is 20.3 Å². The molecule has 0 unspecified atom stereocenters. The van der Waals surface area contributed by atoms with Crippen LogP contribution in [0.1, 0.15) is 35.7 Å². The van der Waals surface area contributed by atoms with Crippen molar-refractivity contribution in [3.05, 3.63) is 54.0 Å². The van der Waals surface area contributed by atoms with E-state index < -0.39 is 0 Å². The number of aromatic nitrogens is 2. The molecular weight excluding hydrogens is 358 g/mol. The molecule has 28 heavy (non-hydrogen) atoms. The van der Waals surface area contributed by atoms with E-state index in [1.54, 1.807) is 42.5 Å². The fourth-order valence-electron chi connectivity index (χ4n) is 3.02. The molecule has 8 nitrogen and oxygen atoms in total. The van der Waals surface area contributed by atoms with Gasteiger partial charge in [0.2, 0.25) is 0 Å². The van der Waals surface area contributed by atoms with Crippen LogP contribution in [0.3, 0.4) is 0 Å². The Bertz CT molecular complexity index is 774. The first-order valence-electron chi connectivity index (χ1n) is 9.47. The van der Waals surface area contributed by atoms with Gasteiger partial charge in [0, 0.05) is 44.3 Å².